The average Bonchev–Trinajstić information content (AvgIpc) is 2.93. The number of nitrogens with one attached hydrogen (secondary N) is 2. The zero-order valence-corrected chi connectivity index (χ0v) is 15.1. The Kier molecular flexibility index (Phi) is 6.68. The Labute approximate surface area is 158 Å². The van der Waals surface area contributed by atoms with Gasteiger partial charge in [-0.25, -0.2) is 0 Å². The highest BCUT2D eigenvalue weighted by Crippen LogP contribution is 2.24. The number of halogens is 3. The number of aliphatic hydroxyl groups is 1. The summed E-state index contributed by atoms with van der Waals surface area (Å²) in [6.07, 6.45) is -5.51. The minimum atomic E-state index is -4.82. The summed E-state index contributed by atoms with van der Waals surface area (Å²) in [7, 11) is 0. The van der Waals surface area contributed by atoms with E-state index in [9.17, 15) is 27.9 Å². The van der Waals surface area contributed by atoms with Crippen LogP contribution >= 0.6 is 0 Å². The van der Waals surface area contributed by atoms with Crippen molar-refractivity contribution in [1.29, 1.82) is 0 Å². The summed E-state index contributed by atoms with van der Waals surface area (Å²) >= 11 is 0. The first-order valence-corrected chi connectivity index (χ1v) is 8.25. The Morgan fingerprint density at radius 1 is 1.18 bits per heavy atom. The fourth-order valence-corrected chi connectivity index (χ4v) is 2.47. The van der Waals surface area contributed by atoms with Gasteiger partial charge in [0.1, 0.15) is 17.3 Å². The number of hydrogen-bond donors (Lipinski definition) is 3. The molecule has 0 aliphatic heterocycles. The SMILES string of the molecule is Cc1cc([C@H](O)CCNC(=O)C(=O)Nc2ccc(OC(F)(F)F)cc2)c(C)o1. The Balaban J connectivity index is 1.79. The fourth-order valence-electron chi connectivity index (χ4n) is 2.47. The Morgan fingerprint density at radius 2 is 1.82 bits per heavy atom. The number of furan rings is 1. The number of alkyl halides is 3. The third-order valence-electron chi connectivity index (χ3n) is 3.69. The second-order valence-corrected chi connectivity index (χ2v) is 5.96. The van der Waals surface area contributed by atoms with Gasteiger partial charge in [-0.05, 0) is 50.6 Å². The number of ether oxygens (including phenoxy) is 1. The van der Waals surface area contributed by atoms with Crippen LogP contribution in [0.25, 0.3) is 0 Å². The quantitative estimate of drug-likeness (QED) is 0.648. The van der Waals surface area contributed by atoms with Gasteiger partial charge in [0.2, 0.25) is 0 Å². The van der Waals surface area contributed by atoms with Crippen molar-refractivity contribution >= 4 is 17.5 Å². The molecule has 0 aliphatic rings. The van der Waals surface area contributed by atoms with E-state index in [0.717, 1.165) is 12.1 Å². The van der Waals surface area contributed by atoms with Gasteiger partial charge in [-0.2, -0.15) is 0 Å². The second-order valence-electron chi connectivity index (χ2n) is 5.96. The molecule has 7 nitrogen and oxygen atoms in total. The topological polar surface area (TPSA) is 101 Å². The Hall–Kier alpha value is -3.01. The van der Waals surface area contributed by atoms with Crippen LogP contribution in [0.5, 0.6) is 5.75 Å². The zero-order chi connectivity index (χ0) is 20.9. The van der Waals surface area contributed by atoms with E-state index in [-0.39, 0.29) is 18.7 Å². The van der Waals surface area contributed by atoms with Crippen LogP contribution in [0.1, 0.15) is 29.6 Å². The molecule has 2 rings (SSSR count). The van der Waals surface area contributed by atoms with E-state index in [1.165, 1.54) is 12.1 Å². The van der Waals surface area contributed by atoms with Gasteiger partial charge in [0.05, 0.1) is 6.10 Å². The largest absolute Gasteiger partial charge is 0.573 e. The van der Waals surface area contributed by atoms with Crippen LogP contribution < -0.4 is 15.4 Å². The summed E-state index contributed by atoms with van der Waals surface area (Å²) in [5, 5.41) is 14.7. The second kappa shape index (κ2) is 8.79. The predicted octanol–water partition coefficient (Wildman–Crippen LogP) is 2.97. The Bertz CT molecular complexity index is 831. The molecule has 0 radical (unpaired) electrons. The molecule has 0 unspecified atom stereocenters. The van der Waals surface area contributed by atoms with Gasteiger partial charge in [0, 0.05) is 17.8 Å². The van der Waals surface area contributed by atoms with Crippen molar-refractivity contribution < 1.29 is 37.0 Å². The van der Waals surface area contributed by atoms with Crippen LogP contribution in [-0.4, -0.2) is 29.8 Å². The molecule has 1 heterocycles. The summed E-state index contributed by atoms with van der Waals surface area (Å²) in [6, 6.07) is 6.04. The summed E-state index contributed by atoms with van der Waals surface area (Å²) in [5.74, 6) is -1.15. The number of carbonyl (C=O) groups is 2. The first kappa shape index (κ1) is 21.3. The van der Waals surface area contributed by atoms with Gasteiger partial charge in [0.15, 0.2) is 0 Å². The van der Waals surface area contributed by atoms with E-state index in [4.69, 9.17) is 4.42 Å². The van der Waals surface area contributed by atoms with Crippen molar-refractivity contribution in [3.05, 3.63) is 47.4 Å². The number of hydrogen-bond acceptors (Lipinski definition) is 5. The van der Waals surface area contributed by atoms with E-state index in [2.05, 4.69) is 15.4 Å². The van der Waals surface area contributed by atoms with Crippen molar-refractivity contribution in [2.24, 2.45) is 0 Å². The number of benzene rings is 1. The lowest BCUT2D eigenvalue weighted by Crippen LogP contribution is -2.36. The standard InChI is InChI=1S/C18H19F3N2O5/c1-10-9-14(11(2)27-10)15(24)7-8-22-16(25)17(26)23-12-3-5-13(6-4-12)28-18(19,20)21/h3-6,9,15,24H,7-8H2,1-2H3,(H,22,25)(H,23,26)/t15-/m1/s1. The molecule has 0 spiro atoms. The molecule has 1 aromatic heterocycles. The van der Waals surface area contributed by atoms with Crippen molar-refractivity contribution in [3.63, 3.8) is 0 Å². The third kappa shape index (κ3) is 6.31. The summed E-state index contributed by atoms with van der Waals surface area (Å²) < 4.78 is 45.3. The van der Waals surface area contributed by atoms with E-state index < -0.39 is 30.0 Å². The normalized spacial score (nSPS) is 12.4. The molecule has 2 amide bonds. The molecule has 152 valence electrons. The molecule has 28 heavy (non-hydrogen) atoms. The zero-order valence-electron chi connectivity index (χ0n) is 15.1. The fraction of sp³-hybridized carbons (Fsp3) is 0.333. The van der Waals surface area contributed by atoms with E-state index in [0.29, 0.717) is 17.1 Å². The molecule has 2 aromatic rings. The van der Waals surface area contributed by atoms with Gasteiger partial charge < -0.3 is 24.9 Å². The van der Waals surface area contributed by atoms with Crippen LogP contribution in [-0.2, 0) is 9.59 Å². The van der Waals surface area contributed by atoms with Crippen molar-refractivity contribution in [2.45, 2.75) is 32.7 Å². The Morgan fingerprint density at radius 3 is 2.36 bits per heavy atom. The predicted molar refractivity (Wildman–Crippen MR) is 92.5 cm³/mol. The smallest absolute Gasteiger partial charge is 0.466 e. The number of carbonyl (C=O) groups excluding carboxylic acids is 2. The summed E-state index contributed by atoms with van der Waals surface area (Å²) in [4.78, 5) is 23.6. The molecule has 0 bridgehead atoms. The van der Waals surface area contributed by atoms with Crippen LogP contribution in [0.4, 0.5) is 18.9 Å². The number of rotatable bonds is 6. The average molecular weight is 400 g/mol. The maximum absolute atomic E-state index is 12.1. The third-order valence-corrected chi connectivity index (χ3v) is 3.69. The first-order valence-electron chi connectivity index (χ1n) is 8.25. The minimum Gasteiger partial charge on any atom is -0.466 e. The van der Waals surface area contributed by atoms with Gasteiger partial charge in [0.25, 0.3) is 0 Å². The van der Waals surface area contributed by atoms with Gasteiger partial charge in [-0.1, -0.05) is 0 Å². The highest BCUT2D eigenvalue weighted by molar-refractivity contribution is 6.39. The van der Waals surface area contributed by atoms with Crippen molar-refractivity contribution in [2.75, 3.05) is 11.9 Å². The number of anilines is 1. The van der Waals surface area contributed by atoms with Crippen LogP contribution in [0.15, 0.2) is 34.7 Å². The van der Waals surface area contributed by atoms with Crippen LogP contribution in [0.3, 0.4) is 0 Å². The lowest BCUT2D eigenvalue weighted by Gasteiger charge is -2.11. The summed E-state index contributed by atoms with van der Waals surface area (Å²) in [6.45, 7) is 3.50. The molecule has 1 aromatic carbocycles. The lowest BCUT2D eigenvalue weighted by atomic mass is 10.1. The first-order chi connectivity index (χ1) is 13.0. The van der Waals surface area contributed by atoms with E-state index in [1.54, 1.807) is 19.9 Å². The molecular weight excluding hydrogens is 381 g/mol. The summed E-state index contributed by atoms with van der Waals surface area (Å²) in [5.41, 5.74) is 0.733. The molecular formula is C18H19F3N2O5. The highest BCUT2D eigenvalue weighted by Gasteiger charge is 2.31. The molecule has 3 N–H and O–H groups in total. The molecule has 0 aliphatic carbocycles. The van der Waals surface area contributed by atoms with Crippen LogP contribution in [0, 0.1) is 13.8 Å². The molecule has 1 atom stereocenters. The van der Waals surface area contributed by atoms with E-state index >= 15 is 0 Å². The maximum Gasteiger partial charge on any atom is 0.573 e. The highest BCUT2D eigenvalue weighted by atomic mass is 19.4. The van der Waals surface area contributed by atoms with Crippen molar-refractivity contribution in [1.82, 2.24) is 5.32 Å². The van der Waals surface area contributed by atoms with Gasteiger partial charge >= 0.3 is 18.2 Å². The van der Waals surface area contributed by atoms with Crippen LogP contribution in [0.2, 0.25) is 0 Å². The monoisotopic (exact) mass is 400 g/mol. The lowest BCUT2D eigenvalue weighted by molar-refractivity contribution is -0.274. The number of aryl methyl sites for hydroxylation is 2. The van der Waals surface area contributed by atoms with Crippen molar-refractivity contribution in [3.8, 4) is 5.75 Å². The number of amides is 2. The minimum absolute atomic E-state index is 0.0372. The molecule has 0 fully saturated rings. The van der Waals surface area contributed by atoms with Gasteiger partial charge in [-0.3, -0.25) is 9.59 Å². The molecule has 0 saturated heterocycles. The van der Waals surface area contributed by atoms with Gasteiger partial charge in [-0.15, -0.1) is 13.2 Å². The van der Waals surface area contributed by atoms with E-state index in [1.807, 2.05) is 0 Å². The maximum atomic E-state index is 12.1. The number of aliphatic hydroxyl groups excluding tert-OH is 1. The molecule has 10 heteroatoms. The molecule has 0 saturated carbocycles.